The lowest BCUT2D eigenvalue weighted by Crippen LogP contribution is -2.36. The lowest BCUT2D eigenvalue weighted by molar-refractivity contribution is -0.120. The Morgan fingerprint density at radius 2 is 1.90 bits per heavy atom. The second-order valence-corrected chi connectivity index (χ2v) is 6.26. The first-order chi connectivity index (χ1) is 9.97. The molecule has 21 heavy (non-hydrogen) atoms. The van der Waals surface area contributed by atoms with E-state index in [1.807, 2.05) is 6.92 Å². The first-order valence-corrected chi connectivity index (χ1v) is 7.81. The van der Waals surface area contributed by atoms with E-state index in [1.54, 1.807) is 24.3 Å². The highest BCUT2D eigenvalue weighted by Gasteiger charge is 2.15. The van der Waals surface area contributed by atoms with Crippen LogP contribution in [-0.2, 0) is 21.4 Å². The van der Waals surface area contributed by atoms with Gasteiger partial charge in [-0.25, -0.2) is 13.1 Å². The van der Waals surface area contributed by atoms with Gasteiger partial charge in [-0.05, 0) is 31.2 Å². The van der Waals surface area contributed by atoms with Gasteiger partial charge in [0.1, 0.15) is 5.76 Å². The summed E-state index contributed by atoms with van der Waals surface area (Å²) >= 11 is 0. The van der Waals surface area contributed by atoms with Gasteiger partial charge >= 0.3 is 0 Å². The minimum Gasteiger partial charge on any atom is -0.467 e. The molecule has 2 aromatic rings. The molecule has 1 aromatic carbocycles. The summed E-state index contributed by atoms with van der Waals surface area (Å²) in [5.74, 6) is 0.173. The van der Waals surface area contributed by atoms with Crippen molar-refractivity contribution in [3.63, 3.8) is 0 Å². The number of sulfonamides is 1. The summed E-state index contributed by atoms with van der Waals surface area (Å²) in [6.45, 7) is 1.76. The van der Waals surface area contributed by atoms with E-state index in [-0.39, 0.29) is 18.0 Å². The average molecular weight is 308 g/mol. The molecule has 2 N–H and O–H groups in total. The van der Waals surface area contributed by atoms with Crippen LogP contribution in [0.3, 0.4) is 0 Å². The van der Waals surface area contributed by atoms with Gasteiger partial charge in [-0.1, -0.05) is 17.7 Å². The summed E-state index contributed by atoms with van der Waals surface area (Å²) in [6.07, 6.45) is 1.50. The summed E-state index contributed by atoms with van der Waals surface area (Å²) in [6, 6.07) is 9.83. The van der Waals surface area contributed by atoms with Crippen LogP contribution in [0.1, 0.15) is 11.3 Å². The van der Waals surface area contributed by atoms with Crippen LogP contribution in [0.2, 0.25) is 0 Å². The molecule has 0 unspecified atom stereocenters. The highest BCUT2D eigenvalue weighted by molar-refractivity contribution is 7.89. The Kier molecular flexibility index (Phi) is 4.77. The topological polar surface area (TPSA) is 88.4 Å². The third kappa shape index (κ3) is 4.44. The van der Waals surface area contributed by atoms with Crippen LogP contribution in [0.25, 0.3) is 0 Å². The number of hydrogen-bond acceptors (Lipinski definition) is 4. The van der Waals surface area contributed by atoms with E-state index in [2.05, 4.69) is 10.0 Å². The zero-order chi connectivity index (χ0) is 15.3. The summed E-state index contributed by atoms with van der Waals surface area (Å²) in [5.41, 5.74) is 0.963. The number of nitrogens with one attached hydrogen (secondary N) is 2. The maximum absolute atomic E-state index is 12.0. The molecule has 0 aliphatic carbocycles. The van der Waals surface area contributed by atoms with Crippen LogP contribution in [0.4, 0.5) is 0 Å². The fourth-order valence-electron chi connectivity index (χ4n) is 1.62. The van der Waals surface area contributed by atoms with Crippen molar-refractivity contribution in [2.24, 2.45) is 0 Å². The Labute approximate surface area is 123 Å². The molecule has 7 heteroatoms. The maximum Gasteiger partial charge on any atom is 0.241 e. The molecule has 112 valence electrons. The van der Waals surface area contributed by atoms with Gasteiger partial charge in [0.25, 0.3) is 0 Å². The lowest BCUT2D eigenvalue weighted by atomic mass is 10.2. The predicted molar refractivity (Wildman–Crippen MR) is 76.9 cm³/mol. The lowest BCUT2D eigenvalue weighted by Gasteiger charge is -2.07. The second-order valence-electron chi connectivity index (χ2n) is 4.49. The zero-order valence-corrected chi connectivity index (χ0v) is 12.3. The molecule has 2 rings (SSSR count). The van der Waals surface area contributed by atoms with Crippen molar-refractivity contribution in [2.45, 2.75) is 18.4 Å². The average Bonchev–Trinajstić information content (AvgIpc) is 2.97. The van der Waals surface area contributed by atoms with Crippen LogP contribution in [0, 0.1) is 6.92 Å². The predicted octanol–water partition coefficient (Wildman–Crippen LogP) is 1.18. The van der Waals surface area contributed by atoms with Crippen molar-refractivity contribution in [3.05, 3.63) is 54.0 Å². The number of carbonyl (C=O) groups excluding carboxylic acids is 1. The smallest absolute Gasteiger partial charge is 0.241 e. The Bertz CT molecular complexity index is 691. The van der Waals surface area contributed by atoms with E-state index < -0.39 is 15.9 Å². The summed E-state index contributed by atoms with van der Waals surface area (Å²) in [7, 11) is -3.68. The van der Waals surface area contributed by atoms with Crippen LogP contribution in [0.15, 0.2) is 52.0 Å². The minimum absolute atomic E-state index is 0.131. The molecule has 1 amide bonds. The molecule has 1 heterocycles. The first-order valence-electron chi connectivity index (χ1n) is 6.33. The fraction of sp³-hybridized carbons (Fsp3) is 0.214. The molecule has 0 fully saturated rings. The van der Waals surface area contributed by atoms with E-state index in [9.17, 15) is 13.2 Å². The van der Waals surface area contributed by atoms with Crippen molar-refractivity contribution >= 4 is 15.9 Å². The Hall–Kier alpha value is -2.12. The zero-order valence-electron chi connectivity index (χ0n) is 11.5. The number of amides is 1. The van der Waals surface area contributed by atoms with Gasteiger partial charge in [-0.15, -0.1) is 0 Å². The molecule has 0 radical (unpaired) electrons. The molecule has 0 atom stereocenters. The number of rotatable bonds is 6. The molecule has 0 aliphatic heterocycles. The van der Waals surface area contributed by atoms with Gasteiger partial charge in [0.15, 0.2) is 0 Å². The maximum atomic E-state index is 12.0. The van der Waals surface area contributed by atoms with E-state index in [0.29, 0.717) is 5.76 Å². The highest BCUT2D eigenvalue weighted by Crippen LogP contribution is 2.09. The quantitative estimate of drug-likeness (QED) is 0.839. The number of carbonyl (C=O) groups is 1. The molecule has 6 nitrogen and oxygen atoms in total. The van der Waals surface area contributed by atoms with Crippen molar-refractivity contribution in [2.75, 3.05) is 6.54 Å². The van der Waals surface area contributed by atoms with Crippen LogP contribution >= 0.6 is 0 Å². The number of hydrogen-bond donors (Lipinski definition) is 2. The first kappa shape index (κ1) is 15.3. The summed E-state index contributed by atoms with van der Waals surface area (Å²) < 4.78 is 31.3. The highest BCUT2D eigenvalue weighted by atomic mass is 32.2. The molecule has 0 saturated carbocycles. The molecule has 1 aromatic heterocycles. The summed E-state index contributed by atoms with van der Waals surface area (Å²) in [5, 5.41) is 2.56. The molecule has 0 bridgehead atoms. The second kappa shape index (κ2) is 6.55. The minimum atomic E-state index is -3.68. The largest absolute Gasteiger partial charge is 0.467 e. The number of benzene rings is 1. The Morgan fingerprint density at radius 1 is 1.19 bits per heavy atom. The Morgan fingerprint density at radius 3 is 2.52 bits per heavy atom. The van der Waals surface area contributed by atoms with Gasteiger partial charge in [-0.2, -0.15) is 0 Å². The van der Waals surface area contributed by atoms with Gasteiger partial charge in [0.2, 0.25) is 15.9 Å². The van der Waals surface area contributed by atoms with Gasteiger partial charge in [0, 0.05) is 0 Å². The molecular weight excluding hydrogens is 292 g/mol. The van der Waals surface area contributed by atoms with Crippen LogP contribution < -0.4 is 10.0 Å². The van der Waals surface area contributed by atoms with Gasteiger partial charge in [-0.3, -0.25) is 4.79 Å². The van der Waals surface area contributed by atoms with Gasteiger partial charge < -0.3 is 9.73 Å². The van der Waals surface area contributed by atoms with Crippen molar-refractivity contribution in [1.29, 1.82) is 0 Å². The van der Waals surface area contributed by atoms with Gasteiger partial charge in [0.05, 0.1) is 24.2 Å². The van der Waals surface area contributed by atoms with E-state index in [1.165, 1.54) is 18.4 Å². The third-order valence-corrected chi connectivity index (χ3v) is 4.21. The van der Waals surface area contributed by atoms with Crippen molar-refractivity contribution in [3.8, 4) is 0 Å². The van der Waals surface area contributed by atoms with E-state index >= 15 is 0 Å². The van der Waals surface area contributed by atoms with Crippen LogP contribution in [-0.4, -0.2) is 20.9 Å². The third-order valence-electron chi connectivity index (χ3n) is 2.79. The normalized spacial score (nSPS) is 11.3. The summed E-state index contributed by atoms with van der Waals surface area (Å²) in [4.78, 5) is 11.7. The molecular formula is C14H16N2O4S. The van der Waals surface area contributed by atoms with Crippen LogP contribution in [0.5, 0.6) is 0 Å². The SMILES string of the molecule is Cc1ccc(S(=O)(=O)NCC(=O)NCc2ccco2)cc1. The van der Waals surface area contributed by atoms with Crippen molar-refractivity contribution in [1.82, 2.24) is 10.0 Å². The van der Waals surface area contributed by atoms with E-state index in [4.69, 9.17) is 4.42 Å². The monoisotopic (exact) mass is 308 g/mol. The van der Waals surface area contributed by atoms with E-state index in [0.717, 1.165) is 5.56 Å². The Balaban J connectivity index is 1.86. The standard InChI is InChI=1S/C14H16N2O4S/c1-11-4-6-13(7-5-11)21(18,19)16-10-14(17)15-9-12-3-2-8-20-12/h2-8,16H,9-10H2,1H3,(H,15,17). The number of aryl methyl sites for hydroxylation is 1. The molecule has 0 saturated heterocycles. The van der Waals surface area contributed by atoms with Crippen molar-refractivity contribution < 1.29 is 17.6 Å². The molecule has 0 aliphatic rings. The number of furan rings is 1. The molecule has 0 spiro atoms. The fourth-order valence-corrected chi connectivity index (χ4v) is 2.60.